The number of hydrogen-bond acceptors (Lipinski definition) is 7. The number of anilines is 2. The number of nitrogens with zero attached hydrogens (tertiary/aromatic N) is 5. The summed E-state index contributed by atoms with van der Waals surface area (Å²) in [5, 5.41) is 12.8. The lowest BCUT2D eigenvalue weighted by Crippen LogP contribution is -2.18. The quantitative estimate of drug-likeness (QED) is 0.203. The average molecular weight is 595 g/mol. The van der Waals surface area contributed by atoms with Gasteiger partial charge in [-0.1, -0.05) is 23.7 Å². The van der Waals surface area contributed by atoms with E-state index in [9.17, 15) is 14.4 Å². The molecule has 2 aromatic carbocycles. The first-order chi connectivity index (χ1) is 20.6. The lowest BCUT2D eigenvalue weighted by molar-refractivity contribution is 0.102. The number of halogens is 2. The van der Waals surface area contributed by atoms with Gasteiger partial charge in [0.25, 0.3) is 5.91 Å². The Labute approximate surface area is 253 Å². The fraction of sp³-hybridized carbons (Fsp3) is 0.182. The normalized spacial score (nSPS) is 11.2. The predicted molar refractivity (Wildman–Crippen MR) is 166 cm³/mol. The lowest BCUT2D eigenvalue weighted by Gasteiger charge is -2.19. The van der Waals surface area contributed by atoms with Gasteiger partial charge in [0.05, 0.1) is 29.1 Å². The van der Waals surface area contributed by atoms with Crippen molar-refractivity contribution in [2.45, 2.75) is 25.8 Å². The minimum absolute atomic E-state index is 0.0983. The molecule has 3 heterocycles. The van der Waals surface area contributed by atoms with Crippen LogP contribution in [0.5, 0.6) is 5.75 Å². The van der Waals surface area contributed by atoms with Gasteiger partial charge in [0.1, 0.15) is 23.1 Å². The van der Waals surface area contributed by atoms with Gasteiger partial charge < -0.3 is 15.0 Å². The maximum Gasteiger partial charge on any atom is 0.274 e. The molecule has 216 valence electrons. The minimum atomic E-state index is -0.803. The van der Waals surface area contributed by atoms with Crippen LogP contribution in [0.4, 0.5) is 15.9 Å². The van der Waals surface area contributed by atoms with Crippen molar-refractivity contribution in [1.82, 2.24) is 15.0 Å². The van der Waals surface area contributed by atoms with Gasteiger partial charge in [0, 0.05) is 60.4 Å². The van der Waals surface area contributed by atoms with Crippen LogP contribution in [0.1, 0.15) is 35.5 Å². The minimum Gasteiger partial charge on any atom is -0.497 e. The molecule has 1 amide bonds. The van der Waals surface area contributed by atoms with E-state index in [4.69, 9.17) is 16.3 Å². The number of nitrogens with one attached hydrogen (secondary N) is 1. The van der Waals surface area contributed by atoms with Crippen LogP contribution in [0.2, 0.25) is 5.02 Å². The van der Waals surface area contributed by atoms with Gasteiger partial charge in [0.15, 0.2) is 0 Å². The number of carbonyl (C=O) groups is 1. The monoisotopic (exact) mass is 594 g/mol. The first kappa shape index (κ1) is 29.4. The summed E-state index contributed by atoms with van der Waals surface area (Å²) in [5.41, 5.74) is 2.87. The van der Waals surface area contributed by atoms with Crippen LogP contribution in [0.3, 0.4) is 0 Å². The van der Waals surface area contributed by atoms with Crippen LogP contribution >= 0.6 is 11.6 Å². The highest BCUT2D eigenvalue weighted by Gasteiger charge is 2.22. The standard InChI is InChI=1S/C33H28ClFN6O2/c1-33(2,19-36)23-9-10-37-29(12-23)32(42)40-24-13-26(31(34)27(35)14-24)21-11-22-17-39-30(15-28(22)38-16-21)41(3)18-20-5-7-25(43-4)8-6-20/h5-17H,18H2,1-4H3,(H,40,42). The fourth-order valence-corrected chi connectivity index (χ4v) is 4.75. The second-order valence-corrected chi connectivity index (χ2v) is 11.0. The summed E-state index contributed by atoms with van der Waals surface area (Å²) in [6.45, 7) is 4.14. The van der Waals surface area contributed by atoms with Crippen molar-refractivity contribution in [3.05, 3.63) is 107 Å². The number of carbonyl (C=O) groups excluding carboxylic acids is 1. The van der Waals surface area contributed by atoms with E-state index >= 15 is 0 Å². The Balaban J connectivity index is 1.38. The Bertz CT molecular complexity index is 1870. The number of amides is 1. The molecule has 0 unspecified atom stereocenters. The Morgan fingerprint density at radius 3 is 2.56 bits per heavy atom. The van der Waals surface area contributed by atoms with Gasteiger partial charge in [-0.15, -0.1) is 0 Å². The Kier molecular flexibility index (Phi) is 8.24. The summed E-state index contributed by atoms with van der Waals surface area (Å²) in [6, 6.07) is 19.7. The first-order valence-corrected chi connectivity index (χ1v) is 13.7. The third-order valence-electron chi connectivity index (χ3n) is 7.11. The highest BCUT2D eigenvalue weighted by molar-refractivity contribution is 6.33. The third-order valence-corrected chi connectivity index (χ3v) is 7.50. The molecule has 0 aliphatic rings. The fourth-order valence-electron chi connectivity index (χ4n) is 4.53. The number of pyridine rings is 3. The number of ether oxygens (including phenoxy) is 1. The molecule has 5 aromatic rings. The first-order valence-electron chi connectivity index (χ1n) is 13.4. The molecule has 10 heteroatoms. The van der Waals surface area contributed by atoms with Crippen molar-refractivity contribution in [3.8, 4) is 22.9 Å². The predicted octanol–water partition coefficient (Wildman–Crippen LogP) is 7.18. The molecule has 0 saturated carbocycles. The van der Waals surface area contributed by atoms with E-state index in [-0.39, 0.29) is 16.4 Å². The number of aromatic nitrogens is 3. The summed E-state index contributed by atoms with van der Waals surface area (Å²) < 4.78 is 20.2. The second kappa shape index (κ2) is 12.0. The van der Waals surface area contributed by atoms with Crippen molar-refractivity contribution in [1.29, 1.82) is 5.26 Å². The molecular weight excluding hydrogens is 567 g/mol. The molecule has 0 aliphatic carbocycles. The van der Waals surface area contributed by atoms with E-state index in [2.05, 4.69) is 26.3 Å². The van der Waals surface area contributed by atoms with Crippen molar-refractivity contribution in [3.63, 3.8) is 0 Å². The molecule has 0 atom stereocenters. The molecule has 5 rings (SSSR count). The van der Waals surface area contributed by atoms with Gasteiger partial charge in [-0.05, 0) is 67.4 Å². The molecule has 0 aliphatic heterocycles. The highest BCUT2D eigenvalue weighted by Crippen LogP contribution is 2.34. The van der Waals surface area contributed by atoms with Gasteiger partial charge in [-0.25, -0.2) is 9.37 Å². The largest absolute Gasteiger partial charge is 0.497 e. The average Bonchev–Trinajstić information content (AvgIpc) is 3.02. The third kappa shape index (κ3) is 6.40. The number of methoxy groups -OCH3 is 1. The van der Waals surface area contributed by atoms with E-state index in [1.807, 2.05) is 48.3 Å². The van der Waals surface area contributed by atoms with E-state index in [0.717, 1.165) is 28.6 Å². The number of nitriles is 1. The summed E-state index contributed by atoms with van der Waals surface area (Å²) in [6.07, 6.45) is 4.79. The molecule has 0 saturated heterocycles. The zero-order valence-corrected chi connectivity index (χ0v) is 24.8. The molecule has 1 N–H and O–H groups in total. The molecule has 3 aromatic heterocycles. The Morgan fingerprint density at radius 2 is 1.84 bits per heavy atom. The van der Waals surface area contributed by atoms with Crippen LogP contribution in [0, 0.1) is 17.1 Å². The van der Waals surface area contributed by atoms with Crippen LogP contribution in [0.15, 0.2) is 79.3 Å². The van der Waals surface area contributed by atoms with Crippen molar-refractivity contribution < 1.29 is 13.9 Å². The van der Waals surface area contributed by atoms with Gasteiger partial charge in [0.2, 0.25) is 0 Å². The van der Waals surface area contributed by atoms with Crippen molar-refractivity contribution in [2.75, 3.05) is 24.4 Å². The molecule has 0 spiro atoms. The number of benzene rings is 2. The SMILES string of the molecule is COc1ccc(CN(C)c2cc3ncc(-c4cc(NC(=O)c5cc(C(C)(C)C#N)ccn5)cc(F)c4Cl)cc3cn2)cc1. The summed E-state index contributed by atoms with van der Waals surface area (Å²) in [5.74, 6) is 0.296. The van der Waals surface area contributed by atoms with Crippen LogP contribution in [-0.2, 0) is 12.0 Å². The maximum absolute atomic E-state index is 14.9. The number of hydrogen-bond donors (Lipinski definition) is 1. The summed E-state index contributed by atoms with van der Waals surface area (Å²) in [7, 11) is 3.58. The number of fused-ring (bicyclic) bond motifs is 1. The Morgan fingerprint density at radius 1 is 1.07 bits per heavy atom. The van der Waals surface area contributed by atoms with E-state index < -0.39 is 17.1 Å². The second-order valence-electron chi connectivity index (χ2n) is 10.6. The topological polar surface area (TPSA) is 104 Å². The molecule has 0 bridgehead atoms. The summed E-state index contributed by atoms with van der Waals surface area (Å²) in [4.78, 5) is 28.3. The van der Waals surface area contributed by atoms with Crippen molar-refractivity contribution >= 4 is 39.9 Å². The highest BCUT2D eigenvalue weighted by atomic mass is 35.5. The summed E-state index contributed by atoms with van der Waals surface area (Å²) >= 11 is 6.37. The van der Waals surface area contributed by atoms with Crippen molar-refractivity contribution in [2.24, 2.45) is 0 Å². The van der Waals surface area contributed by atoms with Gasteiger partial charge in [-0.3, -0.25) is 14.8 Å². The van der Waals surface area contributed by atoms with E-state index in [1.165, 1.54) is 6.20 Å². The van der Waals surface area contributed by atoms with Gasteiger partial charge in [-0.2, -0.15) is 5.26 Å². The molecule has 8 nitrogen and oxygen atoms in total. The number of rotatable bonds is 8. The maximum atomic E-state index is 14.9. The van der Waals surface area contributed by atoms with Crippen LogP contribution < -0.4 is 15.0 Å². The molecule has 0 radical (unpaired) electrons. The smallest absolute Gasteiger partial charge is 0.274 e. The molecule has 0 fully saturated rings. The lowest BCUT2D eigenvalue weighted by atomic mass is 9.86. The van der Waals surface area contributed by atoms with E-state index in [1.54, 1.807) is 51.6 Å². The molecular formula is C33H28ClFN6O2. The van der Waals surface area contributed by atoms with Gasteiger partial charge >= 0.3 is 0 Å². The zero-order valence-electron chi connectivity index (χ0n) is 24.0. The van der Waals surface area contributed by atoms with Crippen LogP contribution in [0.25, 0.3) is 22.0 Å². The molecule has 43 heavy (non-hydrogen) atoms. The Hall–Kier alpha value is -5.07. The zero-order chi connectivity index (χ0) is 30.7. The van der Waals surface area contributed by atoms with Crippen LogP contribution in [-0.4, -0.2) is 35.0 Å². The van der Waals surface area contributed by atoms with E-state index in [0.29, 0.717) is 28.8 Å².